The standard InChI is InChI=1S/C15H19N3S/c16-13-7-5-6-12(10-13)14-11-19-15(17-14)18-8-3-1-2-4-9-18/h5-7,10-11H,1-4,8-9,16H2. The maximum Gasteiger partial charge on any atom is 0.185 e. The Balaban J connectivity index is 1.82. The molecule has 100 valence electrons. The zero-order chi connectivity index (χ0) is 13.1. The summed E-state index contributed by atoms with van der Waals surface area (Å²) >= 11 is 1.74. The highest BCUT2D eigenvalue weighted by Crippen LogP contribution is 2.29. The van der Waals surface area contributed by atoms with Gasteiger partial charge in [-0.25, -0.2) is 4.98 Å². The highest BCUT2D eigenvalue weighted by molar-refractivity contribution is 7.14. The molecule has 0 spiro atoms. The summed E-state index contributed by atoms with van der Waals surface area (Å²) < 4.78 is 0. The third kappa shape index (κ3) is 2.89. The summed E-state index contributed by atoms with van der Waals surface area (Å²) in [4.78, 5) is 7.20. The van der Waals surface area contributed by atoms with Crippen molar-refractivity contribution in [3.05, 3.63) is 29.6 Å². The summed E-state index contributed by atoms with van der Waals surface area (Å²) in [6.07, 6.45) is 5.27. The zero-order valence-electron chi connectivity index (χ0n) is 11.0. The van der Waals surface area contributed by atoms with Crippen LogP contribution in [0.15, 0.2) is 29.6 Å². The van der Waals surface area contributed by atoms with Crippen molar-refractivity contribution in [3.63, 3.8) is 0 Å². The second kappa shape index (κ2) is 5.61. The monoisotopic (exact) mass is 273 g/mol. The van der Waals surface area contributed by atoms with E-state index in [1.165, 1.54) is 25.7 Å². The Morgan fingerprint density at radius 2 is 1.89 bits per heavy atom. The average Bonchev–Trinajstić information content (AvgIpc) is 2.75. The minimum Gasteiger partial charge on any atom is -0.399 e. The number of aromatic nitrogens is 1. The van der Waals surface area contributed by atoms with Gasteiger partial charge >= 0.3 is 0 Å². The van der Waals surface area contributed by atoms with Crippen LogP contribution in [-0.4, -0.2) is 18.1 Å². The molecule has 4 heteroatoms. The van der Waals surface area contributed by atoms with E-state index in [0.29, 0.717) is 0 Å². The first-order valence-electron chi connectivity index (χ1n) is 6.89. The van der Waals surface area contributed by atoms with E-state index in [0.717, 1.165) is 35.2 Å². The SMILES string of the molecule is Nc1cccc(-c2csc(N3CCCCCC3)n2)c1. The molecule has 1 saturated heterocycles. The van der Waals surface area contributed by atoms with Gasteiger partial charge in [0.1, 0.15) is 0 Å². The number of rotatable bonds is 2. The topological polar surface area (TPSA) is 42.1 Å². The van der Waals surface area contributed by atoms with Crippen molar-refractivity contribution < 1.29 is 0 Å². The fourth-order valence-corrected chi connectivity index (χ4v) is 3.39. The van der Waals surface area contributed by atoms with E-state index < -0.39 is 0 Å². The minimum absolute atomic E-state index is 0.793. The zero-order valence-corrected chi connectivity index (χ0v) is 11.8. The van der Waals surface area contributed by atoms with Crippen molar-refractivity contribution >= 4 is 22.2 Å². The van der Waals surface area contributed by atoms with Gasteiger partial charge < -0.3 is 10.6 Å². The average molecular weight is 273 g/mol. The summed E-state index contributed by atoms with van der Waals surface area (Å²) in [7, 11) is 0. The molecule has 3 nitrogen and oxygen atoms in total. The molecule has 0 bridgehead atoms. The Hall–Kier alpha value is -1.55. The molecule has 1 aliphatic heterocycles. The summed E-state index contributed by atoms with van der Waals surface area (Å²) in [5.41, 5.74) is 8.77. The van der Waals surface area contributed by atoms with Gasteiger partial charge in [0.15, 0.2) is 5.13 Å². The molecule has 1 aromatic carbocycles. The van der Waals surface area contributed by atoms with Crippen LogP contribution in [0.2, 0.25) is 0 Å². The molecule has 0 radical (unpaired) electrons. The molecular formula is C15H19N3S. The van der Waals surface area contributed by atoms with E-state index in [9.17, 15) is 0 Å². The van der Waals surface area contributed by atoms with Crippen LogP contribution in [0, 0.1) is 0 Å². The molecule has 2 heterocycles. The van der Waals surface area contributed by atoms with E-state index >= 15 is 0 Å². The van der Waals surface area contributed by atoms with Gasteiger partial charge in [-0.15, -0.1) is 11.3 Å². The third-order valence-electron chi connectivity index (χ3n) is 3.55. The highest BCUT2D eigenvalue weighted by atomic mass is 32.1. The Bertz CT molecular complexity index is 542. The summed E-state index contributed by atoms with van der Waals surface area (Å²) in [6.45, 7) is 2.29. The summed E-state index contributed by atoms with van der Waals surface area (Å²) in [5.74, 6) is 0. The fourth-order valence-electron chi connectivity index (χ4n) is 2.50. The van der Waals surface area contributed by atoms with E-state index in [-0.39, 0.29) is 0 Å². The summed E-state index contributed by atoms with van der Waals surface area (Å²) in [5, 5.41) is 3.29. The third-order valence-corrected chi connectivity index (χ3v) is 4.45. The highest BCUT2D eigenvalue weighted by Gasteiger charge is 2.14. The van der Waals surface area contributed by atoms with Crippen molar-refractivity contribution in [1.29, 1.82) is 0 Å². The molecule has 1 aromatic heterocycles. The fraction of sp³-hybridized carbons (Fsp3) is 0.400. The molecule has 0 saturated carbocycles. The van der Waals surface area contributed by atoms with Crippen LogP contribution in [0.1, 0.15) is 25.7 Å². The number of thiazole rings is 1. The number of hydrogen-bond acceptors (Lipinski definition) is 4. The van der Waals surface area contributed by atoms with Crippen molar-refractivity contribution in [1.82, 2.24) is 4.98 Å². The minimum atomic E-state index is 0.793. The predicted octanol–water partition coefficient (Wildman–Crippen LogP) is 3.77. The van der Waals surface area contributed by atoms with Crippen LogP contribution in [0.5, 0.6) is 0 Å². The van der Waals surface area contributed by atoms with Gasteiger partial charge in [-0.05, 0) is 25.0 Å². The second-order valence-corrected chi connectivity index (χ2v) is 5.88. The first kappa shape index (κ1) is 12.5. The first-order chi connectivity index (χ1) is 9.33. The Morgan fingerprint density at radius 1 is 1.11 bits per heavy atom. The number of nitrogens with zero attached hydrogens (tertiary/aromatic N) is 2. The smallest absolute Gasteiger partial charge is 0.185 e. The van der Waals surface area contributed by atoms with Gasteiger partial charge in [-0.3, -0.25) is 0 Å². The van der Waals surface area contributed by atoms with E-state index in [2.05, 4.69) is 16.3 Å². The van der Waals surface area contributed by atoms with Crippen molar-refractivity contribution in [3.8, 4) is 11.3 Å². The van der Waals surface area contributed by atoms with E-state index in [1.807, 2.05) is 18.2 Å². The molecule has 0 amide bonds. The Kier molecular flexibility index (Phi) is 3.69. The van der Waals surface area contributed by atoms with Gasteiger partial charge in [0.25, 0.3) is 0 Å². The maximum atomic E-state index is 5.83. The van der Waals surface area contributed by atoms with Crippen LogP contribution < -0.4 is 10.6 Å². The van der Waals surface area contributed by atoms with Crippen LogP contribution in [-0.2, 0) is 0 Å². The number of anilines is 2. The van der Waals surface area contributed by atoms with Gasteiger partial charge in [0, 0.05) is 29.7 Å². The number of hydrogen-bond donors (Lipinski definition) is 1. The molecule has 2 aromatic rings. The van der Waals surface area contributed by atoms with Crippen LogP contribution in [0.25, 0.3) is 11.3 Å². The summed E-state index contributed by atoms with van der Waals surface area (Å²) in [6, 6.07) is 7.94. The molecular weight excluding hydrogens is 254 g/mol. The maximum absolute atomic E-state index is 5.83. The predicted molar refractivity (Wildman–Crippen MR) is 82.6 cm³/mol. The Labute approximate surface area is 118 Å². The quantitative estimate of drug-likeness (QED) is 0.847. The second-order valence-electron chi connectivity index (χ2n) is 5.04. The van der Waals surface area contributed by atoms with Crippen molar-refractivity contribution in [2.24, 2.45) is 0 Å². The number of nitrogen functional groups attached to an aromatic ring is 1. The number of nitrogens with two attached hydrogens (primary N) is 1. The molecule has 1 aliphatic rings. The van der Waals surface area contributed by atoms with Gasteiger partial charge in [-0.1, -0.05) is 25.0 Å². The van der Waals surface area contributed by atoms with Gasteiger partial charge in [0.2, 0.25) is 0 Å². The first-order valence-corrected chi connectivity index (χ1v) is 7.77. The molecule has 3 rings (SSSR count). The molecule has 0 atom stereocenters. The number of benzene rings is 1. The normalized spacial score (nSPS) is 16.3. The molecule has 0 aliphatic carbocycles. The Morgan fingerprint density at radius 3 is 2.63 bits per heavy atom. The molecule has 2 N–H and O–H groups in total. The van der Waals surface area contributed by atoms with Gasteiger partial charge in [0.05, 0.1) is 5.69 Å². The molecule has 19 heavy (non-hydrogen) atoms. The van der Waals surface area contributed by atoms with Crippen molar-refractivity contribution in [2.75, 3.05) is 23.7 Å². The van der Waals surface area contributed by atoms with Crippen molar-refractivity contribution in [2.45, 2.75) is 25.7 Å². The van der Waals surface area contributed by atoms with Crippen LogP contribution in [0.3, 0.4) is 0 Å². The molecule has 0 unspecified atom stereocenters. The lowest BCUT2D eigenvalue weighted by Gasteiger charge is -2.18. The largest absolute Gasteiger partial charge is 0.399 e. The van der Waals surface area contributed by atoms with E-state index in [1.54, 1.807) is 11.3 Å². The van der Waals surface area contributed by atoms with E-state index in [4.69, 9.17) is 10.7 Å². The lowest BCUT2D eigenvalue weighted by molar-refractivity contribution is 0.726. The van der Waals surface area contributed by atoms with Crippen LogP contribution >= 0.6 is 11.3 Å². The lowest BCUT2D eigenvalue weighted by atomic mass is 10.1. The molecule has 1 fully saturated rings. The lowest BCUT2D eigenvalue weighted by Crippen LogP contribution is -2.23. The van der Waals surface area contributed by atoms with Gasteiger partial charge in [-0.2, -0.15) is 0 Å². The van der Waals surface area contributed by atoms with Crippen LogP contribution in [0.4, 0.5) is 10.8 Å².